The minimum absolute atomic E-state index is 0.0785. The number of ketones is 1. The maximum atomic E-state index is 14.2. The molecule has 2 aliphatic heterocycles. The number of alkyl halides is 3. The third kappa shape index (κ3) is 5.56. The number of nitrogens with one attached hydrogen (secondary N) is 2. The fraction of sp³-hybridized carbons (Fsp3) is 0.357. The van der Waals surface area contributed by atoms with Crippen LogP contribution in [0, 0.1) is 16.1 Å². The van der Waals surface area contributed by atoms with Gasteiger partial charge in [0.1, 0.15) is 0 Å². The Morgan fingerprint density at radius 2 is 1.76 bits per heavy atom. The van der Waals surface area contributed by atoms with Crippen LogP contribution in [0.25, 0.3) is 0 Å². The van der Waals surface area contributed by atoms with Crippen LogP contribution in [0.3, 0.4) is 0 Å². The van der Waals surface area contributed by atoms with Gasteiger partial charge in [-0.15, -0.1) is 0 Å². The van der Waals surface area contributed by atoms with Gasteiger partial charge in [-0.05, 0) is 61.6 Å². The standard InChI is InChI=1S/C28H26F3N5O4S/c29-28(30,31)19-3-1-4-21(15-19)35-22-5-2-6-23(37)24(22)25(18-9-7-17(16-32)8-10-18)36(27(35)39)26(38)34-20-11-13-41(33,40)14-12-20/h1,3-4,7-10,15,20,25,33H,2,5-6,11-14H2,(H,34,38). The second-order valence-corrected chi connectivity index (χ2v) is 12.7. The molecule has 1 fully saturated rings. The number of hydrogen-bond acceptors (Lipinski definition) is 6. The Kier molecular flexibility index (Phi) is 7.37. The highest BCUT2D eigenvalue weighted by Gasteiger charge is 2.48. The van der Waals surface area contributed by atoms with E-state index in [-0.39, 0.29) is 59.9 Å². The molecule has 2 aromatic carbocycles. The maximum Gasteiger partial charge on any atom is 0.416 e. The van der Waals surface area contributed by atoms with Crippen LogP contribution in [0.1, 0.15) is 54.8 Å². The topological polar surface area (TPSA) is 134 Å². The van der Waals surface area contributed by atoms with Crippen LogP contribution in [0.5, 0.6) is 0 Å². The van der Waals surface area contributed by atoms with E-state index in [4.69, 9.17) is 4.78 Å². The molecular weight excluding hydrogens is 559 g/mol. The highest BCUT2D eigenvalue weighted by molar-refractivity contribution is 7.92. The lowest BCUT2D eigenvalue weighted by Crippen LogP contribution is -2.58. The summed E-state index contributed by atoms with van der Waals surface area (Å²) in [5.41, 5.74) is -0.0469. The summed E-state index contributed by atoms with van der Waals surface area (Å²) in [7, 11) is -2.74. The Hall–Kier alpha value is -4.18. The van der Waals surface area contributed by atoms with Crippen molar-refractivity contribution in [1.29, 1.82) is 10.0 Å². The number of anilines is 1. The minimum Gasteiger partial charge on any atom is -0.335 e. The van der Waals surface area contributed by atoms with Crippen LogP contribution >= 0.6 is 0 Å². The van der Waals surface area contributed by atoms with Crippen molar-refractivity contribution in [3.8, 4) is 6.07 Å². The van der Waals surface area contributed by atoms with Crippen molar-refractivity contribution < 1.29 is 31.8 Å². The molecule has 1 unspecified atom stereocenters. The van der Waals surface area contributed by atoms with E-state index in [1.54, 1.807) is 12.1 Å². The molecule has 0 spiro atoms. The molecule has 1 atom stereocenters. The second-order valence-electron chi connectivity index (χ2n) is 10.3. The predicted octanol–water partition coefficient (Wildman–Crippen LogP) is 5.49. The highest BCUT2D eigenvalue weighted by atomic mass is 32.2. The average molecular weight is 586 g/mol. The number of allylic oxidation sites excluding steroid dienone is 1. The van der Waals surface area contributed by atoms with Gasteiger partial charge in [-0.2, -0.15) is 18.4 Å². The van der Waals surface area contributed by atoms with Gasteiger partial charge in [0.25, 0.3) is 0 Å². The summed E-state index contributed by atoms with van der Waals surface area (Å²) in [6, 6.07) is 8.77. The number of rotatable bonds is 3. The first-order valence-corrected chi connectivity index (χ1v) is 14.9. The molecule has 9 nitrogen and oxygen atoms in total. The van der Waals surface area contributed by atoms with Gasteiger partial charge in [0, 0.05) is 45.0 Å². The van der Waals surface area contributed by atoms with Crippen LogP contribution in [0.4, 0.5) is 28.4 Å². The van der Waals surface area contributed by atoms with Crippen LogP contribution in [-0.2, 0) is 20.7 Å². The number of carbonyl (C=O) groups excluding carboxylic acids is 3. The first-order valence-electron chi connectivity index (χ1n) is 13.0. The monoisotopic (exact) mass is 585 g/mol. The zero-order valence-corrected chi connectivity index (χ0v) is 22.6. The van der Waals surface area contributed by atoms with Gasteiger partial charge in [-0.1, -0.05) is 18.2 Å². The number of halogens is 3. The van der Waals surface area contributed by atoms with Gasteiger partial charge in [0.05, 0.1) is 28.9 Å². The lowest BCUT2D eigenvalue weighted by Gasteiger charge is -2.44. The summed E-state index contributed by atoms with van der Waals surface area (Å²) < 4.78 is 60.7. The van der Waals surface area contributed by atoms with Gasteiger partial charge < -0.3 is 5.32 Å². The molecule has 2 heterocycles. The summed E-state index contributed by atoms with van der Waals surface area (Å²) in [5.74, 6) is -0.182. The van der Waals surface area contributed by atoms with Crippen LogP contribution in [-0.4, -0.2) is 44.5 Å². The van der Waals surface area contributed by atoms with E-state index in [2.05, 4.69) is 5.32 Å². The molecule has 13 heteroatoms. The van der Waals surface area contributed by atoms with Crippen LogP contribution < -0.4 is 10.2 Å². The van der Waals surface area contributed by atoms with Crippen molar-refractivity contribution in [1.82, 2.24) is 10.2 Å². The zero-order chi connectivity index (χ0) is 29.5. The Balaban J connectivity index is 1.64. The van der Waals surface area contributed by atoms with Crippen molar-refractivity contribution in [2.45, 2.75) is 50.4 Å². The summed E-state index contributed by atoms with van der Waals surface area (Å²) >= 11 is 0. The molecule has 1 saturated heterocycles. The Labute approximate surface area is 234 Å². The van der Waals surface area contributed by atoms with Gasteiger partial charge in [0.2, 0.25) is 0 Å². The molecule has 0 radical (unpaired) electrons. The number of nitriles is 1. The number of nitrogens with zero attached hydrogens (tertiary/aromatic N) is 3. The fourth-order valence-corrected chi connectivity index (χ4v) is 7.03. The number of imide groups is 1. The largest absolute Gasteiger partial charge is 0.416 e. The Morgan fingerprint density at radius 3 is 2.39 bits per heavy atom. The van der Waals surface area contributed by atoms with Gasteiger partial charge in [-0.3, -0.25) is 14.5 Å². The van der Waals surface area contributed by atoms with Crippen molar-refractivity contribution in [2.75, 3.05) is 16.4 Å². The van der Waals surface area contributed by atoms with Crippen molar-refractivity contribution in [3.05, 3.63) is 76.5 Å². The predicted molar refractivity (Wildman–Crippen MR) is 143 cm³/mol. The summed E-state index contributed by atoms with van der Waals surface area (Å²) in [6.45, 7) is 0. The van der Waals surface area contributed by atoms with E-state index in [1.165, 1.54) is 18.2 Å². The highest BCUT2D eigenvalue weighted by Crippen LogP contribution is 2.45. The Morgan fingerprint density at radius 1 is 1.07 bits per heavy atom. The van der Waals surface area contributed by atoms with Crippen LogP contribution in [0.15, 0.2) is 59.8 Å². The summed E-state index contributed by atoms with van der Waals surface area (Å²) in [5, 5.41) is 12.0. The summed E-state index contributed by atoms with van der Waals surface area (Å²) in [6.07, 6.45) is -3.45. The second kappa shape index (κ2) is 10.7. The number of amides is 4. The molecule has 2 N–H and O–H groups in total. The molecule has 0 aromatic heterocycles. The van der Waals surface area contributed by atoms with Gasteiger partial charge in [-0.25, -0.2) is 18.7 Å². The lowest BCUT2D eigenvalue weighted by atomic mass is 9.83. The van der Waals surface area contributed by atoms with Gasteiger partial charge >= 0.3 is 18.2 Å². The van der Waals surface area contributed by atoms with Crippen LogP contribution in [0.2, 0.25) is 0 Å². The van der Waals surface area contributed by atoms with Crippen molar-refractivity contribution >= 4 is 33.3 Å². The third-order valence-electron chi connectivity index (χ3n) is 7.55. The quantitative estimate of drug-likeness (QED) is 0.492. The Bertz CT molecular complexity index is 1580. The number of carbonyl (C=O) groups is 3. The minimum atomic E-state index is -4.69. The number of urea groups is 2. The molecule has 2 aromatic rings. The van der Waals surface area contributed by atoms with E-state index < -0.39 is 45.6 Å². The summed E-state index contributed by atoms with van der Waals surface area (Å²) in [4.78, 5) is 43.3. The lowest BCUT2D eigenvalue weighted by molar-refractivity contribution is -0.137. The first kappa shape index (κ1) is 28.4. The molecular formula is C28H26F3N5O4S. The van der Waals surface area contributed by atoms with Crippen molar-refractivity contribution in [3.63, 3.8) is 0 Å². The molecule has 0 bridgehead atoms. The third-order valence-corrected chi connectivity index (χ3v) is 9.34. The maximum absolute atomic E-state index is 14.2. The molecule has 4 amide bonds. The smallest absolute Gasteiger partial charge is 0.335 e. The SMILES string of the molecule is N#Cc1ccc(C2C3=C(CCCC3=O)N(c3cccc(C(F)(F)F)c3)C(=O)N2C(=O)NC2CCS(=N)(=O)CC2)cc1. The van der Waals surface area contributed by atoms with E-state index in [9.17, 15) is 37.0 Å². The number of Topliss-reactive ketones (excluding diaryl/α,β-unsaturated/α-hetero) is 1. The van der Waals surface area contributed by atoms with Crippen molar-refractivity contribution in [2.24, 2.45) is 0 Å². The first-order chi connectivity index (χ1) is 19.4. The normalized spacial score (nSPS) is 25.0. The molecule has 41 heavy (non-hydrogen) atoms. The molecule has 5 rings (SSSR count). The molecule has 1 aliphatic carbocycles. The average Bonchev–Trinajstić information content (AvgIpc) is 2.93. The molecule has 0 saturated carbocycles. The number of hydrogen-bond donors (Lipinski definition) is 2. The van der Waals surface area contributed by atoms with E-state index in [1.807, 2.05) is 6.07 Å². The fourth-order valence-electron chi connectivity index (χ4n) is 5.50. The molecule has 214 valence electrons. The van der Waals surface area contributed by atoms with E-state index in [0.29, 0.717) is 17.5 Å². The van der Waals surface area contributed by atoms with E-state index >= 15 is 0 Å². The number of benzene rings is 2. The molecule has 3 aliphatic rings. The van der Waals surface area contributed by atoms with E-state index in [0.717, 1.165) is 28.0 Å². The van der Waals surface area contributed by atoms with Gasteiger partial charge in [0.15, 0.2) is 5.78 Å². The zero-order valence-electron chi connectivity index (χ0n) is 21.7.